The van der Waals surface area contributed by atoms with Gasteiger partial charge in [-0.1, -0.05) is 6.07 Å². The number of aromatic nitrogens is 1. The molecule has 17 heavy (non-hydrogen) atoms. The minimum Gasteiger partial charge on any atom is -0.469 e. The van der Waals surface area contributed by atoms with Crippen molar-refractivity contribution < 1.29 is 9.53 Å². The smallest absolute Gasteiger partial charge is 0.309 e. The average molecular weight is 229 g/mol. The van der Waals surface area contributed by atoms with Crippen molar-refractivity contribution in [2.45, 2.75) is 19.3 Å². The highest BCUT2D eigenvalue weighted by Crippen LogP contribution is 2.31. The van der Waals surface area contributed by atoms with Gasteiger partial charge in [0, 0.05) is 17.1 Å². The van der Waals surface area contributed by atoms with Gasteiger partial charge in [-0.15, -0.1) is 0 Å². The standard InChI is InChI=1S/C14H15NO2/c1-17-14(16)10-3-2-9-4-5-13-11(6-7-15-13)12(9)8-10/h4-7,10,15H,2-3,8H2,1H3. The van der Waals surface area contributed by atoms with E-state index in [-0.39, 0.29) is 11.9 Å². The molecule has 0 spiro atoms. The highest BCUT2D eigenvalue weighted by Gasteiger charge is 2.26. The first-order valence-electron chi connectivity index (χ1n) is 5.95. The second kappa shape index (κ2) is 3.91. The summed E-state index contributed by atoms with van der Waals surface area (Å²) < 4.78 is 4.85. The van der Waals surface area contributed by atoms with Crippen LogP contribution in [0, 0.1) is 5.92 Å². The second-order valence-corrected chi connectivity index (χ2v) is 4.61. The van der Waals surface area contributed by atoms with Gasteiger partial charge in [0.05, 0.1) is 13.0 Å². The Morgan fingerprint density at radius 1 is 1.41 bits per heavy atom. The van der Waals surface area contributed by atoms with Crippen molar-refractivity contribution in [1.29, 1.82) is 0 Å². The summed E-state index contributed by atoms with van der Waals surface area (Å²) in [6.45, 7) is 0. The first-order valence-corrected chi connectivity index (χ1v) is 5.95. The monoisotopic (exact) mass is 229 g/mol. The first-order chi connectivity index (χ1) is 8.29. The number of carbonyl (C=O) groups excluding carboxylic acids is 1. The average Bonchev–Trinajstić information content (AvgIpc) is 2.85. The summed E-state index contributed by atoms with van der Waals surface area (Å²) in [6, 6.07) is 6.38. The van der Waals surface area contributed by atoms with Crippen LogP contribution in [0.2, 0.25) is 0 Å². The van der Waals surface area contributed by atoms with Gasteiger partial charge < -0.3 is 9.72 Å². The molecular formula is C14H15NO2. The molecule has 1 aliphatic rings. The number of methoxy groups -OCH3 is 1. The van der Waals surface area contributed by atoms with Gasteiger partial charge in [-0.3, -0.25) is 4.79 Å². The summed E-state index contributed by atoms with van der Waals surface area (Å²) in [4.78, 5) is 14.8. The largest absolute Gasteiger partial charge is 0.469 e. The van der Waals surface area contributed by atoms with E-state index in [9.17, 15) is 4.79 Å². The van der Waals surface area contributed by atoms with Crippen molar-refractivity contribution in [2.24, 2.45) is 5.92 Å². The molecule has 0 bridgehead atoms. The predicted molar refractivity (Wildman–Crippen MR) is 65.8 cm³/mol. The molecule has 3 rings (SSSR count). The summed E-state index contributed by atoms with van der Waals surface area (Å²) in [5.41, 5.74) is 3.83. The fourth-order valence-electron chi connectivity index (χ4n) is 2.76. The third-order valence-corrected chi connectivity index (χ3v) is 3.69. The molecule has 1 aromatic heterocycles. The zero-order valence-electron chi connectivity index (χ0n) is 9.82. The third kappa shape index (κ3) is 1.62. The summed E-state index contributed by atoms with van der Waals surface area (Å²) in [5, 5.41) is 1.25. The zero-order chi connectivity index (χ0) is 11.8. The van der Waals surface area contributed by atoms with E-state index in [2.05, 4.69) is 23.2 Å². The van der Waals surface area contributed by atoms with Gasteiger partial charge in [0.25, 0.3) is 0 Å². The maximum Gasteiger partial charge on any atom is 0.309 e. The number of ether oxygens (including phenoxy) is 1. The first kappa shape index (κ1) is 10.4. The Hall–Kier alpha value is -1.77. The van der Waals surface area contributed by atoms with Crippen LogP contribution in [0.4, 0.5) is 0 Å². The normalized spacial score (nSPS) is 19.0. The summed E-state index contributed by atoms with van der Waals surface area (Å²) in [5.74, 6) is -0.0591. The van der Waals surface area contributed by atoms with Crippen LogP contribution in [0.3, 0.4) is 0 Å². The van der Waals surface area contributed by atoms with Crippen molar-refractivity contribution in [3.05, 3.63) is 35.5 Å². The van der Waals surface area contributed by atoms with E-state index >= 15 is 0 Å². The number of aromatic amines is 1. The Morgan fingerprint density at radius 3 is 3.12 bits per heavy atom. The Bertz CT molecular complexity index is 571. The number of rotatable bonds is 1. The van der Waals surface area contributed by atoms with Gasteiger partial charge in [-0.2, -0.15) is 0 Å². The minimum atomic E-state index is -0.0804. The molecule has 2 aromatic rings. The molecule has 1 heterocycles. The lowest BCUT2D eigenvalue weighted by molar-refractivity contribution is -0.145. The molecule has 1 unspecified atom stereocenters. The fraction of sp³-hybridized carbons (Fsp3) is 0.357. The van der Waals surface area contributed by atoms with Crippen molar-refractivity contribution in [1.82, 2.24) is 4.98 Å². The number of benzene rings is 1. The minimum absolute atomic E-state index is 0.0213. The molecule has 0 saturated heterocycles. The number of hydrogen-bond donors (Lipinski definition) is 1. The summed E-state index contributed by atoms with van der Waals surface area (Å²) in [6.07, 6.45) is 4.62. The third-order valence-electron chi connectivity index (χ3n) is 3.69. The molecule has 1 atom stereocenters. The van der Waals surface area contributed by atoms with Crippen molar-refractivity contribution in [2.75, 3.05) is 7.11 Å². The molecule has 88 valence electrons. The van der Waals surface area contributed by atoms with E-state index in [1.54, 1.807) is 0 Å². The highest BCUT2D eigenvalue weighted by molar-refractivity contribution is 5.85. The molecule has 1 N–H and O–H groups in total. The Labute approximate surface area is 99.8 Å². The molecule has 3 heteroatoms. The molecule has 1 aromatic carbocycles. The Morgan fingerprint density at radius 2 is 2.29 bits per heavy atom. The molecule has 0 amide bonds. The van der Waals surface area contributed by atoms with Gasteiger partial charge in [0.2, 0.25) is 0 Å². The topological polar surface area (TPSA) is 42.1 Å². The molecule has 0 fully saturated rings. The molecule has 1 aliphatic carbocycles. The Balaban J connectivity index is 2.04. The lowest BCUT2D eigenvalue weighted by Crippen LogP contribution is -2.23. The lowest BCUT2D eigenvalue weighted by Gasteiger charge is -2.23. The van der Waals surface area contributed by atoms with E-state index < -0.39 is 0 Å². The number of fused-ring (bicyclic) bond motifs is 3. The quantitative estimate of drug-likeness (QED) is 0.763. The molecular weight excluding hydrogens is 214 g/mol. The highest BCUT2D eigenvalue weighted by atomic mass is 16.5. The van der Waals surface area contributed by atoms with Gasteiger partial charge in [-0.05, 0) is 42.5 Å². The van der Waals surface area contributed by atoms with Crippen LogP contribution >= 0.6 is 0 Å². The summed E-state index contributed by atoms with van der Waals surface area (Å²) >= 11 is 0. The summed E-state index contributed by atoms with van der Waals surface area (Å²) in [7, 11) is 1.47. The van der Waals surface area contributed by atoms with Crippen LogP contribution in [0.25, 0.3) is 10.9 Å². The van der Waals surface area contributed by atoms with Crippen LogP contribution < -0.4 is 0 Å². The lowest BCUT2D eigenvalue weighted by atomic mass is 9.82. The second-order valence-electron chi connectivity index (χ2n) is 4.61. The van der Waals surface area contributed by atoms with E-state index in [1.807, 2.05) is 6.20 Å². The molecule has 0 aliphatic heterocycles. The maximum absolute atomic E-state index is 11.6. The fourth-order valence-corrected chi connectivity index (χ4v) is 2.76. The van der Waals surface area contributed by atoms with Gasteiger partial charge in [0.1, 0.15) is 0 Å². The number of hydrogen-bond acceptors (Lipinski definition) is 2. The van der Waals surface area contributed by atoms with Crippen molar-refractivity contribution >= 4 is 16.9 Å². The maximum atomic E-state index is 11.6. The van der Waals surface area contributed by atoms with Gasteiger partial charge in [0.15, 0.2) is 0 Å². The number of carbonyl (C=O) groups is 1. The van der Waals surface area contributed by atoms with Crippen LogP contribution in [-0.2, 0) is 22.4 Å². The van der Waals surface area contributed by atoms with Crippen LogP contribution in [0.1, 0.15) is 17.5 Å². The van der Waals surface area contributed by atoms with E-state index in [4.69, 9.17) is 4.74 Å². The number of nitrogens with one attached hydrogen (secondary N) is 1. The van der Waals surface area contributed by atoms with Crippen molar-refractivity contribution in [3.8, 4) is 0 Å². The SMILES string of the molecule is COC(=O)C1CCc2ccc3[nH]ccc3c2C1. The number of esters is 1. The number of aryl methyl sites for hydroxylation is 1. The van der Waals surface area contributed by atoms with E-state index in [0.717, 1.165) is 24.8 Å². The zero-order valence-corrected chi connectivity index (χ0v) is 9.82. The van der Waals surface area contributed by atoms with Crippen LogP contribution in [0.5, 0.6) is 0 Å². The van der Waals surface area contributed by atoms with E-state index in [0.29, 0.717) is 0 Å². The molecule has 0 saturated carbocycles. The van der Waals surface area contributed by atoms with Gasteiger partial charge >= 0.3 is 5.97 Å². The number of H-pyrrole nitrogens is 1. The van der Waals surface area contributed by atoms with Gasteiger partial charge in [-0.25, -0.2) is 0 Å². The van der Waals surface area contributed by atoms with Crippen LogP contribution in [0.15, 0.2) is 24.4 Å². The van der Waals surface area contributed by atoms with Crippen molar-refractivity contribution in [3.63, 3.8) is 0 Å². The van der Waals surface area contributed by atoms with Crippen LogP contribution in [-0.4, -0.2) is 18.1 Å². The molecule has 0 radical (unpaired) electrons. The predicted octanol–water partition coefficient (Wildman–Crippen LogP) is 2.45. The Kier molecular flexibility index (Phi) is 2.39. The van der Waals surface area contributed by atoms with E-state index in [1.165, 1.54) is 23.6 Å². The molecule has 3 nitrogen and oxygen atoms in total.